The molecular formula is C18H17N3O. The third-order valence-electron chi connectivity index (χ3n) is 3.82. The molecule has 2 aromatic carbocycles. The second kappa shape index (κ2) is 5.58. The van der Waals surface area contributed by atoms with E-state index in [1.54, 1.807) is 0 Å². The van der Waals surface area contributed by atoms with Gasteiger partial charge in [-0.1, -0.05) is 48.0 Å². The summed E-state index contributed by atoms with van der Waals surface area (Å²) in [7, 11) is 0. The average Bonchev–Trinajstić information content (AvgIpc) is 2.54. The molecule has 0 spiro atoms. The quantitative estimate of drug-likeness (QED) is 0.433. The molecule has 110 valence electrons. The van der Waals surface area contributed by atoms with Crippen LogP contribution in [-0.4, -0.2) is 10.9 Å². The topological polar surface area (TPSA) is 68.0 Å². The zero-order chi connectivity index (χ0) is 15.7. The van der Waals surface area contributed by atoms with Crippen LogP contribution in [-0.2, 0) is 0 Å². The first kappa shape index (κ1) is 14.2. The summed E-state index contributed by atoms with van der Waals surface area (Å²) in [6.45, 7) is 3.94. The number of hydrogen-bond acceptors (Lipinski definition) is 3. The normalized spacial score (nSPS) is 10.7. The molecule has 0 saturated carbocycles. The van der Waals surface area contributed by atoms with Gasteiger partial charge in [-0.2, -0.15) is 0 Å². The molecule has 3 aromatic rings. The van der Waals surface area contributed by atoms with Gasteiger partial charge in [0.15, 0.2) is 0 Å². The Morgan fingerprint density at radius 1 is 1.05 bits per heavy atom. The lowest BCUT2D eigenvalue weighted by molar-refractivity contribution is 0.0954. The lowest BCUT2D eigenvalue weighted by Gasteiger charge is -2.13. The van der Waals surface area contributed by atoms with Gasteiger partial charge < -0.3 is 0 Å². The second-order valence-electron chi connectivity index (χ2n) is 5.32. The van der Waals surface area contributed by atoms with Crippen molar-refractivity contribution in [1.82, 2.24) is 10.4 Å². The smallest absolute Gasteiger partial charge is 0.266 e. The lowest BCUT2D eigenvalue weighted by atomic mass is 9.97. The highest BCUT2D eigenvalue weighted by atomic mass is 16.2. The molecular weight excluding hydrogens is 274 g/mol. The largest absolute Gasteiger partial charge is 0.290 e. The van der Waals surface area contributed by atoms with Crippen LogP contribution in [0.25, 0.3) is 22.2 Å². The molecule has 0 aliphatic rings. The molecule has 0 saturated heterocycles. The number of fused-ring (bicyclic) bond motifs is 1. The van der Waals surface area contributed by atoms with Gasteiger partial charge >= 0.3 is 0 Å². The summed E-state index contributed by atoms with van der Waals surface area (Å²) >= 11 is 0. The average molecular weight is 291 g/mol. The Labute approximate surface area is 129 Å². The van der Waals surface area contributed by atoms with Crippen LogP contribution in [0.1, 0.15) is 21.5 Å². The highest BCUT2D eigenvalue weighted by Crippen LogP contribution is 2.29. The molecule has 0 atom stereocenters. The van der Waals surface area contributed by atoms with Crippen molar-refractivity contribution in [2.45, 2.75) is 13.8 Å². The highest BCUT2D eigenvalue weighted by Gasteiger charge is 2.17. The molecule has 4 heteroatoms. The molecule has 22 heavy (non-hydrogen) atoms. The van der Waals surface area contributed by atoms with Crippen LogP contribution >= 0.6 is 0 Å². The van der Waals surface area contributed by atoms with E-state index in [2.05, 4.69) is 5.43 Å². The summed E-state index contributed by atoms with van der Waals surface area (Å²) < 4.78 is 0. The standard InChI is InChI=1S/C18H17N3O/c1-11-7-9-13(10-8-11)17-12(2)16(18(22)21-19)14-5-3-4-6-15(14)20-17/h3-10H,19H2,1-2H3,(H,21,22). The number of amides is 1. The summed E-state index contributed by atoms with van der Waals surface area (Å²) in [6.07, 6.45) is 0. The van der Waals surface area contributed by atoms with Crippen LogP contribution in [0, 0.1) is 13.8 Å². The summed E-state index contributed by atoms with van der Waals surface area (Å²) in [6, 6.07) is 15.7. The van der Waals surface area contributed by atoms with Gasteiger partial charge in [0.2, 0.25) is 0 Å². The van der Waals surface area contributed by atoms with Gasteiger partial charge in [-0.3, -0.25) is 10.2 Å². The van der Waals surface area contributed by atoms with Crippen molar-refractivity contribution in [3.63, 3.8) is 0 Å². The highest BCUT2D eigenvalue weighted by molar-refractivity contribution is 6.08. The zero-order valence-corrected chi connectivity index (χ0v) is 12.6. The predicted octanol–water partition coefficient (Wildman–Crippen LogP) is 3.12. The van der Waals surface area contributed by atoms with E-state index in [0.29, 0.717) is 5.56 Å². The van der Waals surface area contributed by atoms with E-state index in [9.17, 15) is 4.79 Å². The van der Waals surface area contributed by atoms with Gasteiger partial charge in [0, 0.05) is 10.9 Å². The van der Waals surface area contributed by atoms with Crippen molar-refractivity contribution < 1.29 is 4.79 Å². The molecule has 3 N–H and O–H groups in total. The number of aromatic nitrogens is 1. The van der Waals surface area contributed by atoms with Crippen LogP contribution in [0.3, 0.4) is 0 Å². The van der Waals surface area contributed by atoms with Gasteiger partial charge in [0.25, 0.3) is 5.91 Å². The lowest BCUT2D eigenvalue weighted by Crippen LogP contribution is -2.31. The summed E-state index contributed by atoms with van der Waals surface area (Å²) in [5.74, 6) is 5.05. The maximum Gasteiger partial charge on any atom is 0.266 e. The number of aryl methyl sites for hydroxylation is 1. The molecule has 1 aromatic heterocycles. The number of rotatable bonds is 2. The number of nitrogens with one attached hydrogen (secondary N) is 1. The third-order valence-corrected chi connectivity index (χ3v) is 3.82. The van der Waals surface area contributed by atoms with Gasteiger partial charge in [-0.15, -0.1) is 0 Å². The SMILES string of the molecule is Cc1ccc(-c2nc3ccccc3c(C(=O)NN)c2C)cc1. The van der Waals surface area contributed by atoms with Crippen molar-refractivity contribution in [3.05, 3.63) is 65.2 Å². The fraction of sp³-hybridized carbons (Fsp3) is 0.111. The van der Waals surface area contributed by atoms with E-state index in [1.165, 1.54) is 5.56 Å². The summed E-state index contributed by atoms with van der Waals surface area (Å²) in [4.78, 5) is 17.0. The Kier molecular flexibility index (Phi) is 3.61. The van der Waals surface area contributed by atoms with Crippen LogP contribution in [0.4, 0.5) is 0 Å². The fourth-order valence-corrected chi connectivity index (χ4v) is 2.66. The number of carbonyl (C=O) groups excluding carboxylic acids is 1. The molecule has 0 aliphatic heterocycles. The van der Waals surface area contributed by atoms with E-state index < -0.39 is 0 Å². The minimum atomic E-state index is -0.301. The summed E-state index contributed by atoms with van der Waals surface area (Å²) in [5.41, 5.74) is 7.38. The van der Waals surface area contributed by atoms with Crippen LogP contribution in [0.5, 0.6) is 0 Å². The number of carbonyl (C=O) groups is 1. The fourth-order valence-electron chi connectivity index (χ4n) is 2.66. The maximum absolute atomic E-state index is 12.2. The predicted molar refractivity (Wildman–Crippen MR) is 88.3 cm³/mol. The first-order valence-corrected chi connectivity index (χ1v) is 7.09. The zero-order valence-electron chi connectivity index (χ0n) is 12.6. The number of nitrogens with two attached hydrogens (primary N) is 1. The molecule has 4 nitrogen and oxygen atoms in total. The van der Waals surface area contributed by atoms with Gasteiger partial charge in [-0.25, -0.2) is 10.8 Å². The molecule has 0 radical (unpaired) electrons. The van der Waals surface area contributed by atoms with Gasteiger partial charge in [0.05, 0.1) is 16.8 Å². The number of benzene rings is 2. The monoisotopic (exact) mass is 291 g/mol. The van der Waals surface area contributed by atoms with Gasteiger partial charge in [0.1, 0.15) is 0 Å². The molecule has 1 heterocycles. The van der Waals surface area contributed by atoms with E-state index in [4.69, 9.17) is 10.8 Å². The van der Waals surface area contributed by atoms with Crippen molar-refractivity contribution in [3.8, 4) is 11.3 Å². The van der Waals surface area contributed by atoms with E-state index in [0.717, 1.165) is 27.7 Å². The first-order valence-electron chi connectivity index (χ1n) is 7.09. The number of pyridine rings is 1. The Morgan fingerprint density at radius 3 is 2.41 bits per heavy atom. The Hall–Kier alpha value is -2.72. The molecule has 3 rings (SSSR count). The van der Waals surface area contributed by atoms with E-state index in [1.807, 2.05) is 62.4 Å². The number of nitrogens with zero attached hydrogens (tertiary/aromatic N) is 1. The second-order valence-corrected chi connectivity index (χ2v) is 5.32. The molecule has 0 fully saturated rings. The van der Waals surface area contributed by atoms with Crippen LogP contribution < -0.4 is 11.3 Å². The van der Waals surface area contributed by atoms with Crippen LogP contribution in [0.2, 0.25) is 0 Å². The van der Waals surface area contributed by atoms with Crippen molar-refractivity contribution in [1.29, 1.82) is 0 Å². The number of nitrogen functional groups attached to an aromatic ring is 1. The first-order chi connectivity index (χ1) is 10.6. The van der Waals surface area contributed by atoms with Crippen molar-refractivity contribution in [2.75, 3.05) is 0 Å². The van der Waals surface area contributed by atoms with E-state index in [-0.39, 0.29) is 5.91 Å². The Morgan fingerprint density at radius 2 is 1.73 bits per heavy atom. The summed E-state index contributed by atoms with van der Waals surface area (Å²) in [5, 5.41) is 0.804. The van der Waals surface area contributed by atoms with Gasteiger partial charge in [-0.05, 0) is 25.5 Å². The third kappa shape index (κ3) is 2.34. The number of para-hydroxylation sites is 1. The van der Waals surface area contributed by atoms with Crippen molar-refractivity contribution in [2.24, 2.45) is 5.84 Å². The number of hydrogen-bond donors (Lipinski definition) is 2. The van der Waals surface area contributed by atoms with E-state index >= 15 is 0 Å². The minimum Gasteiger partial charge on any atom is -0.290 e. The van der Waals surface area contributed by atoms with Crippen LogP contribution in [0.15, 0.2) is 48.5 Å². The molecule has 0 unspecified atom stereocenters. The molecule has 1 amide bonds. The molecule has 0 bridgehead atoms. The Balaban J connectivity index is 2.34. The Bertz CT molecular complexity index is 854. The number of hydrazine groups is 1. The maximum atomic E-state index is 12.2. The minimum absolute atomic E-state index is 0.301. The molecule has 0 aliphatic carbocycles. The van der Waals surface area contributed by atoms with Crippen molar-refractivity contribution >= 4 is 16.8 Å².